The maximum absolute atomic E-state index is 12.6. The molecule has 1 saturated heterocycles. The van der Waals surface area contributed by atoms with E-state index in [1.54, 1.807) is 12.1 Å². The summed E-state index contributed by atoms with van der Waals surface area (Å²) in [6, 6.07) is 6.91. The van der Waals surface area contributed by atoms with Crippen LogP contribution in [0.3, 0.4) is 0 Å². The van der Waals surface area contributed by atoms with E-state index < -0.39 is 11.9 Å². The van der Waals surface area contributed by atoms with Crippen LogP contribution >= 0.6 is 11.3 Å². The predicted octanol–water partition coefficient (Wildman–Crippen LogP) is 3.19. The normalized spacial score (nSPS) is 16.1. The van der Waals surface area contributed by atoms with Gasteiger partial charge >= 0.3 is 6.18 Å². The standard InChI is InChI=1S/C14H14F3N3OS/c15-14(16,17)12-9-22-13(18-12)20-7-5-19(6-8-20)10-1-3-11(21)4-2-10/h1-4,9,21H,5-8H2. The fourth-order valence-electron chi connectivity index (χ4n) is 2.36. The fourth-order valence-corrected chi connectivity index (χ4v) is 3.25. The fraction of sp³-hybridized carbons (Fsp3) is 0.357. The second-order valence-electron chi connectivity index (χ2n) is 5.00. The number of phenolic OH excluding ortho intramolecular Hbond substituents is 1. The van der Waals surface area contributed by atoms with Crippen LogP contribution in [-0.2, 0) is 6.18 Å². The highest BCUT2D eigenvalue weighted by Gasteiger charge is 2.34. The van der Waals surface area contributed by atoms with Gasteiger partial charge in [-0.05, 0) is 24.3 Å². The van der Waals surface area contributed by atoms with Crippen LogP contribution in [0.5, 0.6) is 5.75 Å². The molecule has 1 N–H and O–H groups in total. The molecular formula is C14H14F3N3OS. The van der Waals surface area contributed by atoms with E-state index in [9.17, 15) is 18.3 Å². The highest BCUT2D eigenvalue weighted by Crippen LogP contribution is 2.33. The number of aromatic nitrogens is 1. The van der Waals surface area contributed by atoms with E-state index in [4.69, 9.17) is 0 Å². The number of alkyl halides is 3. The first-order valence-electron chi connectivity index (χ1n) is 6.75. The Morgan fingerprint density at radius 3 is 2.14 bits per heavy atom. The van der Waals surface area contributed by atoms with Gasteiger partial charge in [0, 0.05) is 37.2 Å². The van der Waals surface area contributed by atoms with Crippen LogP contribution in [0.2, 0.25) is 0 Å². The Bertz CT molecular complexity index is 634. The monoisotopic (exact) mass is 329 g/mol. The van der Waals surface area contributed by atoms with E-state index in [0.717, 1.165) is 22.4 Å². The molecule has 1 aliphatic rings. The lowest BCUT2D eigenvalue weighted by Crippen LogP contribution is -2.46. The van der Waals surface area contributed by atoms with Crippen LogP contribution in [-0.4, -0.2) is 36.3 Å². The number of anilines is 2. The summed E-state index contributed by atoms with van der Waals surface area (Å²) in [7, 11) is 0. The quantitative estimate of drug-likeness (QED) is 0.918. The average molecular weight is 329 g/mol. The van der Waals surface area contributed by atoms with Gasteiger partial charge in [0.05, 0.1) is 0 Å². The molecule has 0 amide bonds. The van der Waals surface area contributed by atoms with Crippen molar-refractivity contribution in [3.63, 3.8) is 0 Å². The summed E-state index contributed by atoms with van der Waals surface area (Å²) in [6.07, 6.45) is -4.39. The number of nitrogens with zero attached hydrogens (tertiary/aromatic N) is 3. The molecule has 0 bridgehead atoms. The Balaban J connectivity index is 1.64. The third kappa shape index (κ3) is 3.11. The summed E-state index contributed by atoms with van der Waals surface area (Å²) in [5.41, 5.74) is 0.168. The lowest BCUT2D eigenvalue weighted by Gasteiger charge is -2.36. The lowest BCUT2D eigenvalue weighted by atomic mass is 10.2. The molecule has 22 heavy (non-hydrogen) atoms. The Morgan fingerprint density at radius 2 is 1.59 bits per heavy atom. The van der Waals surface area contributed by atoms with E-state index in [0.29, 0.717) is 31.3 Å². The Kier molecular flexibility index (Phi) is 3.86. The van der Waals surface area contributed by atoms with Crippen LogP contribution in [0.25, 0.3) is 0 Å². The molecule has 1 aromatic carbocycles. The van der Waals surface area contributed by atoms with E-state index >= 15 is 0 Å². The molecule has 2 aromatic rings. The molecule has 0 saturated carbocycles. The third-order valence-electron chi connectivity index (χ3n) is 3.55. The average Bonchev–Trinajstić information content (AvgIpc) is 2.98. The molecule has 1 aromatic heterocycles. The molecule has 118 valence electrons. The zero-order valence-electron chi connectivity index (χ0n) is 11.5. The SMILES string of the molecule is Oc1ccc(N2CCN(c3nc(C(F)(F)F)cs3)CC2)cc1. The number of halogens is 3. The minimum absolute atomic E-state index is 0.213. The summed E-state index contributed by atoms with van der Waals surface area (Å²) in [6.45, 7) is 2.63. The van der Waals surface area contributed by atoms with Gasteiger partial charge in [-0.15, -0.1) is 11.3 Å². The number of piperazine rings is 1. The molecule has 2 heterocycles. The molecule has 0 radical (unpaired) electrons. The maximum atomic E-state index is 12.6. The largest absolute Gasteiger partial charge is 0.508 e. The second-order valence-corrected chi connectivity index (χ2v) is 5.84. The first-order chi connectivity index (χ1) is 10.4. The van der Waals surface area contributed by atoms with Crippen LogP contribution in [0.1, 0.15) is 5.69 Å². The van der Waals surface area contributed by atoms with Crippen molar-refractivity contribution in [3.05, 3.63) is 35.3 Å². The van der Waals surface area contributed by atoms with Gasteiger partial charge in [-0.3, -0.25) is 0 Å². The number of rotatable bonds is 2. The van der Waals surface area contributed by atoms with Gasteiger partial charge < -0.3 is 14.9 Å². The second kappa shape index (κ2) is 5.68. The molecule has 0 unspecified atom stereocenters. The van der Waals surface area contributed by atoms with Crippen LogP contribution < -0.4 is 9.80 Å². The number of thiazole rings is 1. The van der Waals surface area contributed by atoms with Gasteiger partial charge in [0.1, 0.15) is 5.75 Å². The minimum Gasteiger partial charge on any atom is -0.508 e. The van der Waals surface area contributed by atoms with Crippen LogP contribution in [0.15, 0.2) is 29.6 Å². The zero-order chi connectivity index (χ0) is 15.7. The summed E-state index contributed by atoms with van der Waals surface area (Å²) < 4.78 is 37.7. The van der Waals surface area contributed by atoms with Crippen molar-refractivity contribution >= 4 is 22.2 Å². The zero-order valence-corrected chi connectivity index (χ0v) is 12.4. The molecule has 0 atom stereocenters. The third-order valence-corrected chi connectivity index (χ3v) is 4.45. The van der Waals surface area contributed by atoms with Crippen molar-refractivity contribution in [3.8, 4) is 5.75 Å². The Labute approximate surface area is 129 Å². The summed E-state index contributed by atoms with van der Waals surface area (Å²) in [5.74, 6) is 0.213. The van der Waals surface area contributed by atoms with Gasteiger partial charge in [-0.1, -0.05) is 0 Å². The summed E-state index contributed by atoms with van der Waals surface area (Å²) in [4.78, 5) is 7.69. The van der Waals surface area contributed by atoms with Crippen LogP contribution in [0, 0.1) is 0 Å². The smallest absolute Gasteiger partial charge is 0.434 e. The predicted molar refractivity (Wildman–Crippen MR) is 79.6 cm³/mol. The molecular weight excluding hydrogens is 315 g/mol. The number of aromatic hydroxyl groups is 1. The van der Waals surface area contributed by atoms with Crippen molar-refractivity contribution in [2.24, 2.45) is 0 Å². The van der Waals surface area contributed by atoms with Crippen molar-refractivity contribution in [2.75, 3.05) is 36.0 Å². The van der Waals surface area contributed by atoms with Crippen LogP contribution in [0.4, 0.5) is 24.0 Å². The van der Waals surface area contributed by atoms with Crippen molar-refractivity contribution in [1.82, 2.24) is 4.98 Å². The van der Waals surface area contributed by atoms with Crippen molar-refractivity contribution in [1.29, 1.82) is 0 Å². The molecule has 0 spiro atoms. The van der Waals surface area contributed by atoms with Gasteiger partial charge in [0.15, 0.2) is 10.8 Å². The first-order valence-corrected chi connectivity index (χ1v) is 7.63. The maximum Gasteiger partial charge on any atom is 0.434 e. The van der Waals surface area contributed by atoms with E-state index in [2.05, 4.69) is 9.88 Å². The van der Waals surface area contributed by atoms with Gasteiger partial charge in [0.2, 0.25) is 0 Å². The molecule has 0 aliphatic carbocycles. The number of benzene rings is 1. The van der Waals surface area contributed by atoms with Crippen molar-refractivity contribution in [2.45, 2.75) is 6.18 Å². The lowest BCUT2D eigenvalue weighted by molar-refractivity contribution is -0.140. The minimum atomic E-state index is -4.39. The summed E-state index contributed by atoms with van der Waals surface area (Å²) in [5, 5.41) is 10.8. The molecule has 4 nitrogen and oxygen atoms in total. The topological polar surface area (TPSA) is 39.6 Å². The Hall–Kier alpha value is -1.96. The molecule has 8 heteroatoms. The van der Waals surface area contributed by atoms with E-state index in [-0.39, 0.29) is 5.75 Å². The van der Waals surface area contributed by atoms with Crippen molar-refractivity contribution < 1.29 is 18.3 Å². The highest BCUT2D eigenvalue weighted by atomic mass is 32.1. The first kappa shape index (κ1) is 15.0. The molecule has 3 rings (SSSR count). The van der Waals surface area contributed by atoms with Gasteiger partial charge in [-0.2, -0.15) is 13.2 Å². The number of hydrogen-bond donors (Lipinski definition) is 1. The van der Waals surface area contributed by atoms with Gasteiger partial charge in [0.25, 0.3) is 0 Å². The number of hydrogen-bond acceptors (Lipinski definition) is 5. The number of phenols is 1. The van der Waals surface area contributed by atoms with Gasteiger partial charge in [-0.25, -0.2) is 4.98 Å². The van der Waals surface area contributed by atoms with E-state index in [1.165, 1.54) is 0 Å². The molecule has 1 aliphatic heterocycles. The molecule has 1 fully saturated rings. The summed E-state index contributed by atoms with van der Waals surface area (Å²) >= 11 is 1.03. The highest BCUT2D eigenvalue weighted by molar-refractivity contribution is 7.13. The van der Waals surface area contributed by atoms with E-state index in [1.807, 2.05) is 17.0 Å². The Morgan fingerprint density at radius 1 is 1.00 bits per heavy atom.